The zero-order valence-corrected chi connectivity index (χ0v) is 26.2. The Kier molecular flexibility index (Phi) is 5.20. The fraction of sp³-hybridized carbons (Fsp3) is 0. The molecule has 11 rings (SSSR count). The first-order valence-electron chi connectivity index (χ1n) is 16.8. The average molecular weight is 605 g/mol. The topological polar surface area (TPSA) is 0 Å². The third-order valence-corrected chi connectivity index (χ3v) is 10.7. The molecule has 1 aliphatic carbocycles. The SMILES string of the molecule is c1ccc2cc(-c3cc4c5cc6c(cc5c(-c5ccc7ccccc7c5)cc4c4ccccc34)-c3cccc4cccc-6c34)ccc2c1. The summed E-state index contributed by atoms with van der Waals surface area (Å²) in [5.74, 6) is 0. The van der Waals surface area contributed by atoms with Crippen molar-refractivity contribution in [3.05, 3.63) is 170 Å². The predicted molar refractivity (Wildman–Crippen MR) is 207 cm³/mol. The van der Waals surface area contributed by atoms with Gasteiger partial charge in [-0.3, -0.25) is 0 Å². The first-order chi connectivity index (χ1) is 23.8. The smallest absolute Gasteiger partial charge is 0.00264 e. The van der Waals surface area contributed by atoms with Crippen LogP contribution in [0.4, 0.5) is 0 Å². The normalized spacial score (nSPS) is 12.2. The van der Waals surface area contributed by atoms with E-state index >= 15 is 0 Å². The molecule has 0 atom stereocenters. The number of fused-ring (bicyclic) bond motifs is 10. The van der Waals surface area contributed by atoms with Crippen LogP contribution in [0.3, 0.4) is 0 Å². The maximum atomic E-state index is 2.49. The van der Waals surface area contributed by atoms with Crippen molar-refractivity contribution < 1.29 is 0 Å². The van der Waals surface area contributed by atoms with Crippen molar-refractivity contribution >= 4 is 64.6 Å². The van der Waals surface area contributed by atoms with E-state index in [0.717, 1.165) is 0 Å². The van der Waals surface area contributed by atoms with E-state index in [2.05, 4.69) is 170 Å². The number of benzene rings is 10. The van der Waals surface area contributed by atoms with Crippen LogP contribution < -0.4 is 0 Å². The fourth-order valence-corrected chi connectivity index (χ4v) is 8.47. The summed E-state index contributed by atoms with van der Waals surface area (Å²) < 4.78 is 0. The molecule has 0 spiro atoms. The van der Waals surface area contributed by atoms with Crippen LogP contribution in [0.25, 0.3) is 109 Å². The van der Waals surface area contributed by atoms with Gasteiger partial charge in [-0.15, -0.1) is 0 Å². The molecular weight excluding hydrogens is 577 g/mol. The van der Waals surface area contributed by atoms with Crippen LogP contribution in [-0.4, -0.2) is 0 Å². The summed E-state index contributed by atoms with van der Waals surface area (Å²) in [6.07, 6.45) is 0. The minimum absolute atomic E-state index is 1.25. The summed E-state index contributed by atoms with van der Waals surface area (Å²) in [4.78, 5) is 0. The van der Waals surface area contributed by atoms with Gasteiger partial charge in [0, 0.05) is 0 Å². The standard InChI is InChI=1S/C48H28/c1-3-11-32-23-34(21-19-29(32)9-1)40-25-46-42(37-16-6-5-15-36(37)40)26-41(35-22-20-30-10-2-4-12-33(30)24-35)45-27-43-38-17-7-13-31-14-8-18-39(48(31)38)44(43)28-47(45)46/h1-28H. The van der Waals surface area contributed by atoms with E-state index in [1.165, 1.54) is 109 Å². The first-order valence-corrected chi connectivity index (χ1v) is 16.8. The summed E-state index contributed by atoms with van der Waals surface area (Å²) in [7, 11) is 0. The van der Waals surface area contributed by atoms with Crippen LogP contribution >= 0.6 is 0 Å². The van der Waals surface area contributed by atoms with Crippen LogP contribution in [0.2, 0.25) is 0 Å². The van der Waals surface area contributed by atoms with Gasteiger partial charge in [0.25, 0.3) is 0 Å². The van der Waals surface area contributed by atoms with Gasteiger partial charge in [-0.2, -0.15) is 0 Å². The molecule has 0 radical (unpaired) electrons. The Balaban J connectivity index is 1.30. The highest BCUT2D eigenvalue weighted by Crippen LogP contribution is 2.51. The highest BCUT2D eigenvalue weighted by Gasteiger charge is 2.24. The zero-order valence-electron chi connectivity index (χ0n) is 26.2. The molecule has 0 fully saturated rings. The lowest BCUT2D eigenvalue weighted by molar-refractivity contribution is 1.68. The Morgan fingerprint density at radius 3 is 1.27 bits per heavy atom. The maximum Gasteiger partial charge on any atom is -0.00264 e. The minimum Gasteiger partial charge on any atom is -0.0616 e. The minimum atomic E-state index is 1.25. The predicted octanol–water partition coefficient (Wildman–Crippen LogP) is 13.6. The lowest BCUT2D eigenvalue weighted by Gasteiger charge is -2.18. The lowest BCUT2D eigenvalue weighted by Crippen LogP contribution is -1.91. The first kappa shape index (κ1) is 25.9. The quantitative estimate of drug-likeness (QED) is 0.172. The fourth-order valence-electron chi connectivity index (χ4n) is 8.47. The average Bonchev–Trinajstić information content (AvgIpc) is 3.47. The second kappa shape index (κ2) is 9.64. The van der Waals surface area contributed by atoms with E-state index in [0.29, 0.717) is 0 Å². The largest absolute Gasteiger partial charge is 0.0616 e. The molecule has 0 aliphatic heterocycles. The van der Waals surface area contributed by atoms with Crippen molar-refractivity contribution in [3.8, 4) is 44.5 Å². The van der Waals surface area contributed by atoms with E-state index in [9.17, 15) is 0 Å². The van der Waals surface area contributed by atoms with Crippen LogP contribution in [0.15, 0.2) is 170 Å². The molecule has 10 aromatic carbocycles. The summed E-state index contributed by atoms with van der Waals surface area (Å²) in [5, 5.41) is 15.5. The molecule has 0 saturated heterocycles. The van der Waals surface area contributed by atoms with E-state index in [-0.39, 0.29) is 0 Å². The van der Waals surface area contributed by atoms with Gasteiger partial charge in [0.15, 0.2) is 0 Å². The molecule has 0 nitrogen and oxygen atoms in total. The molecule has 10 aromatic rings. The molecule has 0 heteroatoms. The Morgan fingerprint density at radius 1 is 0.208 bits per heavy atom. The van der Waals surface area contributed by atoms with E-state index in [4.69, 9.17) is 0 Å². The summed E-state index contributed by atoms with van der Waals surface area (Å²) in [5.41, 5.74) is 10.4. The maximum absolute atomic E-state index is 2.49. The second-order valence-corrected chi connectivity index (χ2v) is 13.3. The highest BCUT2D eigenvalue weighted by atomic mass is 14.3. The zero-order chi connectivity index (χ0) is 31.3. The van der Waals surface area contributed by atoms with Crippen molar-refractivity contribution in [2.24, 2.45) is 0 Å². The number of hydrogen-bond acceptors (Lipinski definition) is 0. The molecule has 0 unspecified atom stereocenters. The molecular formula is C48H28. The van der Waals surface area contributed by atoms with Gasteiger partial charge in [-0.05, 0) is 146 Å². The van der Waals surface area contributed by atoms with Crippen LogP contribution in [0.1, 0.15) is 0 Å². The Labute approximate surface area is 278 Å². The van der Waals surface area contributed by atoms with Gasteiger partial charge in [-0.1, -0.05) is 133 Å². The lowest BCUT2D eigenvalue weighted by atomic mass is 9.85. The van der Waals surface area contributed by atoms with Crippen molar-refractivity contribution in [2.75, 3.05) is 0 Å². The van der Waals surface area contributed by atoms with Gasteiger partial charge in [-0.25, -0.2) is 0 Å². The number of rotatable bonds is 2. The molecule has 48 heavy (non-hydrogen) atoms. The van der Waals surface area contributed by atoms with Gasteiger partial charge < -0.3 is 0 Å². The Hall–Kier alpha value is -6.24. The van der Waals surface area contributed by atoms with E-state index < -0.39 is 0 Å². The summed E-state index contributed by atoms with van der Waals surface area (Å²) in [6.45, 7) is 0. The third kappa shape index (κ3) is 3.60. The van der Waals surface area contributed by atoms with Crippen molar-refractivity contribution in [2.45, 2.75) is 0 Å². The Morgan fingerprint density at radius 2 is 0.646 bits per heavy atom. The molecule has 1 aliphatic rings. The van der Waals surface area contributed by atoms with Crippen molar-refractivity contribution in [1.82, 2.24) is 0 Å². The summed E-state index contributed by atoms with van der Waals surface area (Å²) in [6, 6.07) is 63.5. The Bertz CT molecular complexity index is 2990. The van der Waals surface area contributed by atoms with Gasteiger partial charge in [0.05, 0.1) is 0 Å². The molecule has 0 N–H and O–H groups in total. The van der Waals surface area contributed by atoms with Gasteiger partial charge in [0.1, 0.15) is 0 Å². The number of hydrogen-bond donors (Lipinski definition) is 0. The van der Waals surface area contributed by atoms with Crippen LogP contribution in [0.5, 0.6) is 0 Å². The molecule has 0 amide bonds. The van der Waals surface area contributed by atoms with E-state index in [1.54, 1.807) is 0 Å². The van der Waals surface area contributed by atoms with Crippen LogP contribution in [0, 0.1) is 0 Å². The molecule has 0 heterocycles. The third-order valence-electron chi connectivity index (χ3n) is 10.7. The van der Waals surface area contributed by atoms with Crippen LogP contribution in [-0.2, 0) is 0 Å². The highest BCUT2D eigenvalue weighted by molar-refractivity contribution is 6.27. The monoisotopic (exact) mass is 604 g/mol. The summed E-state index contributed by atoms with van der Waals surface area (Å²) >= 11 is 0. The van der Waals surface area contributed by atoms with Crippen molar-refractivity contribution in [3.63, 3.8) is 0 Å². The molecule has 0 saturated carbocycles. The molecule has 220 valence electrons. The van der Waals surface area contributed by atoms with Gasteiger partial charge >= 0.3 is 0 Å². The van der Waals surface area contributed by atoms with E-state index in [1.807, 2.05) is 0 Å². The molecule has 0 bridgehead atoms. The van der Waals surface area contributed by atoms with Gasteiger partial charge in [0.2, 0.25) is 0 Å². The molecule has 0 aromatic heterocycles. The van der Waals surface area contributed by atoms with Crippen molar-refractivity contribution in [1.29, 1.82) is 0 Å². The second-order valence-electron chi connectivity index (χ2n) is 13.3.